The average molecular weight is 330 g/mol. The van der Waals surface area contributed by atoms with Crippen LogP contribution in [0, 0.1) is 13.8 Å². The second-order valence-electron chi connectivity index (χ2n) is 6.64. The molecule has 6 nitrogen and oxygen atoms in total. The summed E-state index contributed by atoms with van der Waals surface area (Å²) in [4.78, 5) is 6.31. The summed E-state index contributed by atoms with van der Waals surface area (Å²) in [6.07, 6.45) is 4.96. The van der Waals surface area contributed by atoms with Gasteiger partial charge in [0.25, 0.3) is 0 Å². The van der Waals surface area contributed by atoms with Crippen LogP contribution in [0.15, 0.2) is 30.9 Å². The van der Waals surface area contributed by atoms with E-state index < -0.39 is 6.10 Å². The van der Waals surface area contributed by atoms with Crippen LogP contribution in [0.1, 0.15) is 30.0 Å². The number of rotatable bonds is 6. The van der Waals surface area contributed by atoms with Gasteiger partial charge < -0.3 is 14.7 Å². The molecule has 1 unspecified atom stereocenters. The highest BCUT2D eigenvalue weighted by molar-refractivity contribution is 5.35. The van der Waals surface area contributed by atoms with Gasteiger partial charge >= 0.3 is 0 Å². The molecule has 24 heavy (non-hydrogen) atoms. The highest BCUT2D eigenvalue weighted by atomic mass is 16.5. The molecule has 0 bridgehead atoms. The first-order valence-corrected chi connectivity index (χ1v) is 8.56. The zero-order valence-electron chi connectivity index (χ0n) is 14.4. The normalized spacial score (nSPS) is 17.8. The number of benzene rings is 1. The predicted octanol–water partition coefficient (Wildman–Crippen LogP) is 1.97. The van der Waals surface area contributed by atoms with E-state index in [9.17, 15) is 5.11 Å². The maximum absolute atomic E-state index is 10.3. The lowest BCUT2D eigenvalue weighted by atomic mass is 10.1. The van der Waals surface area contributed by atoms with E-state index in [-0.39, 0.29) is 0 Å². The van der Waals surface area contributed by atoms with Gasteiger partial charge in [0.05, 0.1) is 6.04 Å². The van der Waals surface area contributed by atoms with Gasteiger partial charge in [-0.15, -0.1) is 0 Å². The van der Waals surface area contributed by atoms with Crippen LogP contribution in [0.5, 0.6) is 5.75 Å². The minimum atomic E-state index is -0.478. The number of β-amino-alcohol motifs (C(OH)–C–C–N with tert-alkyl or cyclic N) is 1. The number of aromatic nitrogens is 3. The first kappa shape index (κ1) is 16.9. The van der Waals surface area contributed by atoms with Crippen LogP contribution in [0.4, 0.5) is 0 Å². The lowest BCUT2D eigenvalue weighted by Crippen LogP contribution is -2.41. The highest BCUT2D eigenvalue weighted by Gasteiger charge is 2.22. The topological polar surface area (TPSA) is 63.4 Å². The van der Waals surface area contributed by atoms with Gasteiger partial charge in [-0.2, -0.15) is 5.10 Å². The molecular formula is C18H26N4O2. The summed E-state index contributed by atoms with van der Waals surface area (Å²) in [6, 6.07) is 6.52. The summed E-state index contributed by atoms with van der Waals surface area (Å²) < 4.78 is 7.72. The summed E-state index contributed by atoms with van der Waals surface area (Å²) in [7, 11) is 0. The monoisotopic (exact) mass is 330 g/mol. The summed E-state index contributed by atoms with van der Waals surface area (Å²) in [5.74, 6) is 0.851. The second kappa shape index (κ2) is 7.77. The molecule has 1 aliphatic rings. The predicted molar refractivity (Wildman–Crippen MR) is 92.2 cm³/mol. The molecule has 1 saturated heterocycles. The average Bonchev–Trinajstić information content (AvgIpc) is 3.09. The number of aliphatic hydroxyl groups is 1. The molecule has 130 valence electrons. The van der Waals surface area contributed by atoms with Crippen molar-refractivity contribution in [2.45, 2.75) is 38.8 Å². The molecule has 0 saturated carbocycles. The van der Waals surface area contributed by atoms with Crippen molar-refractivity contribution in [3.8, 4) is 5.75 Å². The van der Waals surface area contributed by atoms with Gasteiger partial charge in [0.15, 0.2) is 0 Å². The number of nitrogens with zero attached hydrogens (tertiary/aromatic N) is 4. The van der Waals surface area contributed by atoms with Crippen molar-refractivity contribution in [1.82, 2.24) is 19.7 Å². The number of hydrogen-bond acceptors (Lipinski definition) is 5. The number of likely N-dealkylation sites (tertiary alicyclic amines) is 1. The van der Waals surface area contributed by atoms with Crippen molar-refractivity contribution in [2.75, 3.05) is 26.2 Å². The summed E-state index contributed by atoms with van der Waals surface area (Å²) >= 11 is 0. The van der Waals surface area contributed by atoms with Gasteiger partial charge in [-0.05, 0) is 38.3 Å². The lowest BCUT2D eigenvalue weighted by Gasteiger charge is -2.32. The van der Waals surface area contributed by atoms with Crippen LogP contribution >= 0.6 is 0 Å². The standard InChI is InChI=1S/C18H26N4O2/c1-14-3-4-18(15(2)9-14)24-11-17(23)10-21-7-5-16(6-8-21)22-13-19-12-20-22/h3-4,9,12-13,16-17,23H,5-8,10-11H2,1-2H3. The summed E-state index contributed by atoms with van der Waals surface area (Å²) in [5.41, 5.74) is 2.33. The molecule has 1 N–H and O–H groups in total. The molecule has 6 heteroatoms. The van der Waals surface area contributed by atoms with Gasteiger partial charge in [0.2, 0.25) is 0 Å². The van der Waals surface area contributed by atoms with Gasteiger partial charge in [0, 0.05) is 19.6 Å². The third-order valence-electron chi connectivity index (χ3n) is 4.60. The third kappa shape index (κ3) is 4.33. The molecule has 1 aliphatic heterocycles. The fourth-order valence-electron chi connectivity index (χ4n) is 3.27. The lowest BCUT2D eigenvalue weighted by molar-refractivity contribution is 0.0548. The molecule has 1 atom stereocenters. The Hall–Kier alpha value is -1.92. The Morgan fingerprint density at radius 1 is 1.29 bits per heavy atom. The molecule has 0 radical (unpaired) electrons. The Labute approximate surface area is 143 Å². The van der Waals surface area contributed by atoms with E-state index in [0.29, 0.717) is 19.2 Å². The van der Waals surface area contributed by atoms with Crippen molar-refractivity contribution in [2.24, 2.45) is 0 Å². The Bertz CT molecular complexity index is 636. The van der Waals surface area contributed by atoms with E-state index in [2.05, 4.69) is 28.0 Å². The van der Waals surface area contributed by atoms with Gasteiger partial charge in [0.1, 0.15) is 31.1 Å². The van der Waals surface area contributed by atoms with Crippen LogP contribution < -0.4 is 4.74 Å². The van der Waals surface area contributed by atoms with Gasteiger partial charge in [-0.25, -0.2) is 9.67 Å². The molecule has 2 aromatic rings. The van der Waals surface area contributed by atoms with E-state index in [4.69, 9.17) is 4.74 Å². The Morgan fingerprint density at radius 2 is 2.08 bits per heavy atom. The van der Waals surface area contributed by atoms with E-state index in [0.717, 1.165) is 37.2 Å². The third-order valence-corrected chi connectivity index (χ3v) is 4.60. The van der Waals surface area contributed by atoms with E-state index >= 15 is 0 Å². The van der Waals surface area contributed by atoms with Crippen molar-refractivity contribution in [1.29, 1.82) is 0 Å². The van der Waals surface area contributed by atoms with Gasteiger partial charge in [-0.3, -0.25) is 0 Å². The molecule has 0 aliphatic carbocycles. The first-order valence-electron chi connectivity index (χ1n) is 8.56. The largest absolute Gasteiger partial charge is 0.491 e. The highest BCUT2D eigenvalue weighted by Crippen LogP contribution is 2.22. The zero-order valence-corrected chi connectivity index (χ0v) is 14.4. The summed E-state index contributed by atoms with van der Waals surface area (Å²) in [5, 5.41) is 14.5. The van der Waals surface area contributed by atoms with E-state index in [1.165, 1.54) is 5.56 Å². The molecule has 2 heterocycles. The maximum Gasteiger partial charge on any atom is 0.137 e. The fourth-order valence-corrected chi connectivity index (χ4v) is 3.27. The van der Waals surface area contributed by atoms with Crippen LogP contribution in [-0.4, -0.2) is 57.1 Å². The minimum Gasteiger partial charge on any atom is -0.491 e. The molecular weight excluding hydrogens is 304 g/mol. The SMILES string of the molecule is Cc1ccc(OCC(O)CN2CCC(n3cncn3)CC2)c(C)c1. The zero-order chi connectivity index (χ0) is 16.9. The van der Waals surface area contributed by atoms with Crippen molar-refractivity contribution < 1.29 is 9.84 Å². The number of aryl methyl sites for hydroxylation is 2. The van der Waals surface area contributed by atoms with Crippen molar-refractivity contribution in [3.05, 3.63) is 42.0 Å². The molecule has 1 aromatic heterocycles. The minimum absolute atomic E-state index is 0.326. The van der Waals surface area contributed by atoms with E-state index in [1.54, 1.807) is 12.7 Å². The fraction of sp³-hybridized carbons (Fsp3) is 0.556. The van der Waals surface area contributed by atoms with Crippen LogP contribution in [0.25, 0.3) is 0 Å². The number of hydrogen-bond donors (Lipinski definition) is 1. The Kier molecular flexibility index (Phi) is 5.48. The Morgan fingerprint density at radius 3 is 2.75 bits per heavy atom. The molecule has 3 rings (SSSR count). The smallest absolute Gasteiger partial charge is 0.137 e. The number of ether oxygens (including phenoxy) is 1. The maximum atomic E-state index is 10.3. The van der Waals surface area contributed by atoms with Crippen LogP contribution in [0.2, 0.25) is 0 Å². The molecule has 0 spiro atoms. The molecule has 1 aromatic carbocycles. The van der Waals surface area contributed by atoms with Crippen molar-refractivity contribution in [3.63, 3.8) is 0 Å². The van der Waals surface area contributed by atoms with E-state index in [1.807, 2.05) is 23.7 Å². The quantitative estimate of drug-likeness (QED) is 0.877. The van der Waals surface area contributed by atoms with Crippen molar-refractivity contribution >= 4 is 0 Å². The molecule has 1 fully saturated rings. The number of piperidine rings is 1. The van der Waals surface area contributed by atoms with Crippen LogP contribution in [-0.2, 0) is 0 Å². The van der Waals surface area contributed by atoms with Gasteiger partial charge in [-0.1, -0.05) is 17.7 Å². The first-order chi connectivity index (χ1) is 11.6. The van der Waals surface area contributed by atoms with Crippen LogP contribution in [0.3, 0.4) is 0 Å². The molecule has 0 amide bonds. The Balaban J connectivity index is 1.42. The number of aliphatic hydroxyl groups excluding tert-OH is 1. The summed E-state index contributed by atoms with van der Waals surface area (Å²) in [6.45, 7) is 7.00. The second-order valence-corrected chi connectivity index (χ2v) is 6.64.